The van der Waals surface area contributed by atoms with E-state index < -0.39 is 12.1 Å². The van der Waals surface area contributed by atoms with Gasteiger partial charge in [0.15, 0.2) is 6.10 Å². The summed E-state index contributed by atoms with van der Waals surface area (Å²) < 4.78 is 5.83. The number of carbonyl (C=O) groups excluding carboxylic acids is 1. The average molecular weight is 286 g/mol. The molecule has 5 heteroatoms. The van der Waals surface area contributed by atoms with Crippen molar-refractivity contribution < 1.29 is 23.9 Å². The molecule has 0 saturated heterocycles. The summed E-state index contributed by atoms with van der Waals surface area (Å²) in [6.45, 7) is 2.59. The molecule has 1 atom stereocenters. The van der Waals surface area contributed by atoms with Crippen LogP contribution in [0.3, 0.4) is 0 Å². The van der Waals surface area contributed by atoms with Crippen LogP contribution in [0.25, 0.3) is 0 Å². The smallest absolute Gasteiger partial charge is 0.307 e. The summed E-state index contributed by atoms with van der Waals surface area (Å²) in [5.74, 6) is -1.27. The van der Waals surface area contributed by atoms with E-state index in [1.54, 1.807) is 0 Å². The van der Waals surface area contributed by atoms with Gasteiger partial charge in [-0.05, 0) is 12.8 Å². The second-order valence-electron chi connectivity index (χ2n) is 5.98. The van der Waals surface area contributed by atoms with Gasteiger partial charge in [0.25, 0.3) is 0 Å². The number of aliphatic carboxylic acids is 1. The van der Waals surface area contributed by atoms with E-state index in [4.69, 9.17) is 9.84 Å². The highest BCUT2D eigenvalue weighted by molar-refractivity contribution is 5.71. The molecule has 0 rings (SSSR count). The third-order valence-corrected chi connectivity index (χ3v) is 2.59. The molecule has 0 aromatic heterocycles. The van der Waals surface area contributed by atoms with Gasteiger partial charge in [0.1, 0.15) is 6.54 Å². The molecule has 0 bridgehead atoms. The van der Waals surface area contributed by atoms with Gasteiger partial charge in [0, 0.05) is 6.42 Å². The minimum atomic E-state index is -0.945. The fourth-order valence-corrected chi connectivity index (χ4v) is 1.80. The summed E-state index contributed by atoms with van der Waals surface area (Å²) in [6.07, 6.45) is 6.34. The van der Waals surface area contributed by atoms with Crippen molar-refractivity contribution in [3.63, 3.8) is 0 Å². The van der Waals surface area contributed by atoms with Crippen molar-refractivity contribution in [3.8, 4) is 0 Å². The van der Waals surface area contributed by atoms with Crippen molar-refractivity contribution in [2.75, 3.05) is 27.7 Å². The molecule has 1 N–H and O–H groups in total. The predicted molar refractivity (Wildman–Crippen MR) is 78.3 cm³/mol. The van der Waals surface area contributed by atoms with Crippen LogP contribution in [0.2, 0.25) is 0 Å². The molecular weight excluding hydrogens is 258 g/mol. The lowest BCUT2D eigenvalue weighted by Gasteiger charge is -2.28. The number of carboxylic acids is 1. The molecular formula is C15H28NO4+. The molecule has 0 amide bonds. The first-order chi connectivity index (χ1) is 9.24. The minimum Gasteiger partial charge on any atom is -0.481 e. The Kier molecular flexibility index (Phi) is 8.88. The van der Waals surface area contributed by atoms with Crippen molar-refractivity contribution in [2.45, 2.75) is 45.1 Å². The molecule has 0 aromatic rings. The largest absolute Gasteiger partial charge is 0.481 e. The fourth-order valence-electron chi connectivity index (χ4n) is 1.80. The monoisotopic (exact) mass is 286 g/mol. The van der Waals surface area contributed by atoms with Gasteiger partial charge < -0.3 is 14.3 Å². The summed E-state index contributed by atoms with van der Waals surface area (Å²) in [7, 11) is 5.82. The van der Waals surface area contributed by atoms with Gasteiger partial charge in [-0.2, -0.15) is 0 Å². The first kappa shape index (κ1) is 18.6. The summed E-state index contributed by atoms with van der Waals surface area (Å²) in [5.41, 5.74) is 0. The molecule has 0 aliphatic heterocycles. The number of allylic oxidation sites excluding steroid dienone is 2. The number of unbranched alkanes of at least 4 members (excludes halogenated alkanes) is 1. The van der Waals surface area contributed by atoms with Crippen LogP contribution in [0.4, 0.5) is 0 Å². The second-order valence-corrected chi connectivity index (χ2v) is 5.98. The molecule has 0 spiro atoms. The van der Waals surface area contributed by atoms with Gasteiger partial charge in [-0.3, -0.25) is 9.59 Å². The van der Waals surface area contributed by atoms with Crippen molar-refractivity contribution >= 4 is 11.9 Å². The lowest BCUT2D eigenvalue weighted by molar-refractivity contribution is -0.873. The van der Waals surface area contributed by atoms with Crippen molar-refractivity contribution in [1.82, 2.24) is 0 Å². The lowest BCUT2D eigenvalue weighted by atomic mass is 10.2. The highest BCUT2D eigenvalue weighted by Gasteiger charge is 2.24. The first-order valence-electron chi connectivity index (χ1n) is 7.11. The van der Waals surface area contributed by atoms with Crippen LogP contribution >= 0.6 is 0 Å². The Bertz CT molecular complexity index is 331. The molecule has 0 aromatic carbocycles. The minimum absolute atomic E-state index is 0.146. The molecule has 20 heavy (non-hydrogen) atoms. The van der Waals surface area contributed by atoms with Crippen molar-refractivity contribution in [2.24, 2.45) is 0 Å². The Labute approximate surface area is 121 Å². The second kappa shape index (κ2) is 9.53. The van der Waals surface area contributed by atoms with Crippen LogP contribution in [0.15, 0.2) is 12.2 Å². The van der Waals surface area contributed by atoms with Gasteiger partial charge >= 0.3 is 11.9 Å². The highest BCUT2D eigenvalue weighted by atomic mass is 16.5. The standard InChI is InChI=1S/C15H27NO4/c1-5-6-7-8-9-10-15(19)20-13(11-14(17)18)12-16(2,3)4/h7-8,13H,5-6,9-12H2,1-4H3/p+1/b8-7-. The van der Waals surface area contributed by atoms with E-state index in [9.17, 15) is 9.59 Å². The van der Waals surface area contributed by atoms with Crippen LogP contribution in [0, 0.1) is 0 Å². The van der Waals surface area contributed by atoms with E-state index in [0.717, 1.165) is 12.8 Å². The zero-order valence-electron chi connectivity index (χ0n) is 13.1. The summed E-state index contributed by atoms with van der Waals surface area (Å²) in [6, 6.07) is 0. The van der Waals surface area contributed by atoms with Gasteiger partial charge in [-0.25, -0.2) is 0 Å². The van der Waals surface area contributed by atoms with E-state index >= 15 is 0 Å². The Balaban J connectivity index is 4.21. The van der Waals surface area contributed by atoms with Gasteiger partial charge in [-0.15, -0.1) is 0 Å². The van der Waals surface area contributed by atoms with Gasteiger partial charge in [0.05, 0.1) is 27.6 Å². The van der Waals surface area contributed by atoms with Crippen molar-refractivity contribution in [3.05, 3.63) is 12.2 Å². The Morgan fingerprint density at radius 3 is 2.30 bits per heavy atom. The van der Waals surface area contributed by atoms with Crippen LogP contribution in [0.1, 0.15) is 39.0 Å². The molecule has 0 aliphatic carbocycles. The average Bonchev–Trinajstić information content (AvgIpc) is 2.25. The maximum absolute atomic E-state index is 11.7. The number of likely N-dealkylation sites (N-methyl/N-ethyl adjacent to an activating group) is 1. The number of esters is 1. The fraction of sp³-hybridized carbons (Fsp3) is 0.733. The Morgan fingerprint density at radius 1 is 1.20 bits per heavy atom. The molecule has 0 aliphatic rings. The van der Waals surface area contributed by atoms with Crippen LogP contribution in [-0.4, -0.2) is 55.3 Å². The molecule has 0 saturated carbocycles. The number of rotatable bonds is 10. The quantitative estimate of drug-likeness (QED) is 0.380. The molecule has 0 fully saturated rings. The van der Waals surface area contributed by atoms with Gasteiger partial charge in [-0.1, -0.05) is 25.5 Å². The number of ether oxygens (including phenoxy) is 1. The number of nitrogens with zero attached hydrogens (tertiary/aromatic N) is 1. The maximum Gasteiger partial charge on any atom is 0.307 e. The molecule has 0 radical (unpaired) electrons. The molecule has 0 heterocycles. The summed E-state index contributed by atoms with van der Waals surface area (Å²) >= 11 is 0. The third kappa shape index (κ3) is 11.7. The lowest BCUT2D eigenvalue weighted by Crippen LogP contribution is -2.43. The van der Waals surface area contributed by atoms with Crippen LogP contribution in [-0.2, 0) is 14.3 Å². The first-order valence-corrected chi connectivity index (χ1v) is 7.11. The third-order valence-electron chi connectivity index (χ3n) is 2.59. The summed E-state index contributed by atoms with van der Waals surface area (Å²) in [5, 5.41) is 8.86. The van der Waals surface area contributed by atoms with Crippen LogP contribution in [0.5, 0.6) is 0 Å². The number of carbonyl (C=O) groups is 2. The summed E-state index contributed by atoms with van der Waals surface area (Å²) in [4.78, 5) is 22.5. The predicted octanol–water partition coefficient (Wildman–Crippen LogP) is 2.22. The highest BCUT2D eigenvalue weighted by Crippen LogP contribution is 2.07. The molecule has 1 unspecified atom stereocenters. The topological polar surface area (TPSA) is 63.6 Å². The normalized spacial score (nSPS) is 13.4. The zero-order chi connectivity index (χ0) is 15.6. The van der Waals surface area contributed by atoms with E-state index in [1.807, 2.05) is 33.3 Å². The van der Waals surface area contributed by atoms with E-state index in [-0.39, 0.29) is 12.4 Å². The maximum atomic E-state index is 11.7. The van der Waals surface area contributed by atoms with Crippen LogP contribution < -0.4 is 0 Å². The van der Waals surface area contributed by atoms with E-state index in [1.165, 1.54) is 0 Å². The van der Waals surface area contributed by atoms with E-state index in [2.05, 4.69) is 6.92 Å². The van der Waals surface area contributed by atoms with Crippen molar-refractivity contribution in [1.29, 1.82) is 0 Å². The number of hydrogen-bond acceptors (Lipinski definition) is 3. The van der Waals surface area contributed by atoms with Gasteiger partial charge in [0.2, 0.25) is 0 Å². The zero-order valence-corrected chi connectivity index (χ0v) is 13.1. The SMILES string of the molecule is CCC/C=C\CCC(=O)OC(CC(=O)O)C[N+](C)(C)C. The number of quaternary nitrogens is 1. The Morgan fingerprint density at radius 2 is 1.80 bits per heavy atom. The molecule has 5 nitrogen and oxygen atoms in total. The number of carboxylic acid groups (broad SMARTS) is 1. The molecule has 116 valence electrons. The van der Waals surface area contributed by atoms with E-state index in [0.29, 0.717) is 23.9 Å². The Hall–Kier alpha value is -1.36. The number of hydrogen-bond donors (Lipinski definition) is 1.